The molecule has 1 unspecified atom stereocenters. The van der Waals surface area contributed by atoms with Crippen molar-refractivity contribution in [1.82, 2.24) is 10.6 Å². The van der Waals surface area contributed by atoms with Crippen LogP contribution in [0.25, 0.3) is 0 Å². The minimum Gasteiger partial charge on any atom is -0.359 e. The normalized spacial score (nSPS) is 13.0. The molecule has 3 nitrogen and oxygen atoms in total. The number of carbonyl (C=O) groups excluding carboxylic acids is 1. The van der Waals surface area contributed by atoms with Gasteiger partial charge in [-0.05, 0) is 18.4 Å². The third-order valence-electron chi connectivity index (χ3n) is 2.41. The van der Waals surface area contributed by atoms with Crippen molar-refractivity contribution in [3.05, 3.63) is 0 Å². The van der Waals surface area contributed by atoms with Gasteiger partial charge in [-0.3, -0.25) is 4.79 Å². The Balaban J connectivity index is 3.30. The van der Waals surface area contributed by atoms with E-state index < -0.39 is 0 Å². The molecule has 0 aliphatic heterocycles. The minimum absolute atomic E-state index is 0.102. The first-order chi connectivity index (χ1) is 6.07. The summed E-state index contributed by atoms with van der Waals surface area (Å²) in [5.74, 6) is 1.47. The Hall–Kier alpha value is -0.570. The SMILES string of the molecule is CNC(=O)CCNCC(C)C(C)C. The average molecular weight is 186 g/mol. The molecule has 0 heterocycles. The predicted octanol–water partition coefficient (Wildman–Crippen LogP) is 1.00. The molecule has 0 aromatic carbocycles. The molecule has 0 spiro atoms. The van der Waals surface area contributed by atoms with Crippen LogP contribution in [0, 0.1) is 11.8 Å². The van der Waals surface area contributed by atoms with Crippen molar-refractivity contribution in [2.45, 2.75) is 27.2 Å². The molecule has 0 aromatic heterocycles. The van der Waals surface area contributed by atoms with E-state index in [9.17, 15) is 4.79 Å². The highest BCUT2D eigenvalue weighted by Crippen LogP contribution is 2.07. The van der Waals surface area contributed by atoms with Crippen molar-refractivity contribution in [3.8, 4) is 0 Å². The lowest BCUT2D eigenvalue weighted by Crippen LogP contribution is -2.29. The average Bonchev–Trinajstić information content (AvgIpc) is 2.11. The number of nitrogens with one attached hydrogen (secondary N) is 2. The zero-order valence-corrected chi connectivity index (χ0v) is 9.18. The molecule has 13 heavy (non-hydrogen) atoms. The molecule has 0 aliphatic rings. The standard InChI is InChI=1S/C10H22N2O/c1-8(2)9(3)7-12-6-5-10(13)11-4/h8-9,12H,5-7H2,1-4H3,(H,11,13). The van der Waals surface area contributed by atoms with Crippen LogP contribution in [0.3, 0.4) is 0 Å². The maximum atomic E-state index is 10.8. The molecular weight excluding hydrogens is 164 g/mol. The summed E-state index contributed by atoms with van der Waals surface area (Å²) in [7, 11) is 1.67. The van der Waals surface area contributed by atoms with Crippen molar-refractivity contribution < 1.29 is 4.79 Å². The number of amides is 1. The van der Waals surface area contributed by atoms with Crippen LogP contribution in [0.4, 0.5) is 0 Å². The van der Waals surface area contributed by atoms with Crippen LogP contribution in [0.15, 0.2) is 0 Å². The Morgan fingerprint density at radius 2 is 1.92 bits per heavy atom. The van der Waals surface area contributed by atoms with E-state index in [2.05, 4.69) is 31.4 Å². The van der Waals surface area contributed by atoms with Crippen LogP contribution >= 0.6 is 0 Å². The van der Waals surface area contributed by atoms with Gasteiger partial charge in [0, 0.05) is 20.0 Å². The second kappa shape index (κ2) is 6.89. The van der Waals surface area contributed by atoms with Gasteiger partial charge in [0.15, 0.2) is 0 Å². The highest BCUT2D eigenvalue weighted by atomic mass is 16.1. The van der Waals surface area contributed by atoms with Gasteiger partial charge in [0.1, 0.15) is 0 Å². The quantitative estimate of drug-likeness (QED) is 0.608. The van der Waals surface area contributed by atoms with Gasteiger partial charge < -0.3 is 10.6 Å². The molecule has 78 valence electrons. The zero-order chi connectivity index (χ0) is 10.3. The van der Waals surface area contributed by atoms with Crippen LogP contribution in [-0.4, -0.2) is 26.0 Å². The van der Waals surface area contributed by atoms with E-state index in [4.69, 9.17) is 0 Å². The van der Waals surface area contributed by atoms with Gasteiger partial charge in [-0.2, -0.15) is 0 Å². The Bertz CT molecular complexity index is 146. The molecule has 0 bridgehead atoms. The van der Waals surface area contributed by atoms with Gasteiger partial charge in [-0.25, -0.2) is 0 Å². The summed E-state index contributed by atoms with van der Waals surface area (Å²) in [5.41, 5.74) is 0. The first-order valence-corrected chi connectivity index (χ1v) is 4.99. The maximum Gasteiger partial charge on any atom is 0.221 e. The Kier molecular flexibility index (Phi) is 6.59. The van der Waals surface area contributed by atoms with E-state index in [0.29, 0.717) is 18.3 Å². The predicted molar refractivity (Wildman–Crippen MR) is 55.6 cm³/mol. The van der Waals surface area contributed by atoms with Crippen molar-refractivity contribution >= 4 is 5.91 Å². The van der Waals surface area contributed by atoms with Crippen LogP contribution in [0.1, 0.15) is 27.2 Å². The van der Waals surface area contributed by atoms with Gasteiger partial charge >= 0.3 is 0 Å². The summed E-state index contributed by atoms with van der Waals surface area (Å²) in [6.45, 7) is 8.42. The van der Waals surface area contributed by atoms with E-state index in [1.54, 1.807) is 7.05 Å². The fourth-order valence-electron chi connectivity index (χ4n) is 0.892. The number of hydrogen-bond donors (Lipinski definition) is 2. The van der Waals surface area contributed by atoms with Crippen LogP contribution in [-0.2, 0) is 4.79 Å². The van der Waals surface area contributed by atoms with Gasteiger partial charge in [-0.1, -0.05) is 20.8 Å². The summed E-state index contributed by atoms with van der Waals surface area (Å²) < 4.78 is 0. The molecule has 3 heteroatoms. The van der Waals surface area contributed by atoms with Gasteiger partial charge in [-0.15, -0.1) is 0 Å². The van der Waals surface area contributed by atoms with Crippen LogP contribution < -0.4 is 10.6 Å². The van der Waals surface area contributed by atoms with Gasteiger partial charge in [0.05, 0.1) is 0 Å². The lowest BCUT2D eigenvalue weighted by atomic mass is 9.98. The number of rotatable bonds is 6. The molecule has 0 aliphatic carbocycles. The molecule has 1 atom stereocenters. The molecule has 0 saturated heterocycles. The van der Waals surface area contributed by atoms with Gasteiger partial charge in [0.2, 0.25) is 5.91 Å². The summed E-state index contributed by atoms with van der Waals surface area (Å²) in [5, 5.41) is 5.87. The molecule has 0 saturated carbocycles. The topological polar surface area (TPSA) is 41.1 Å². The van der Waals surface area contributed by atoms with Crippen molar-refractivity contribution in [3.63, 3.8) is 0 Å². The summed E-state index contributed by atoms with van der Waals surface area (Å²) in [4.78, 5) is 10.8. The Morgan fingerprint density at radius 3 is 2.38 bits per heavy atom. The van der Waals surface area contributed by atoms with E-state index in [0.717, 1.165) is 13.1 Å². The fourth-order valence-corrected chi connectivity index (χ4v) is 0.892. The van der Waals surface area contributed by atoms with E-state index >= 15 is 0 Å². The lowest BCUT2D eigenvalue weighted by molar-refractivity contribution is -0.120. The molecule has 0 aromatic rings. The van der Waals surface area contributed by atoms with Crippen molar-refractivity contribution in [2.75, 3.05) is 20.1 Å². The molecular formula is C10H22N2O. The largest absolute Gasteiger partial charge is 0.359 e. The second-order valence-corrected chi connectivity index (χ2v) is 3.85. The third kappa shape index (κ3) is 6.58. The van der Waals surface area contributed by atoms with Crippen LogP contribution in [0.2, 0.25) is 0 Å². The molecule has 0 fully saturated rings. The highest BCUT2D eigenvalue weighted by molar-refractivity contribution is 5.75. The van der Waals surface area contributed by atoms with Gasteiger partial charge in [0.25, 0.3) is 0 Å². The van der Waals surface area contributed by atoms with E-state index in [1.165, 1.54) is 0 Å². The monoisotopic (exact) mass is 186 g/mol. The first-order valence-electron chi connectivity index (χ1n) is 4.99. The summed E-state index contributed by atoms with van der Waals surface area (Å²) in [6.07, 6.45) is 0.571. The first kappa shape index (κ1) is 12.4. The molecule has 0 radical (unpaired) electrons. The third-order valence-corrected chi connectivity index (χ3v) is 2.41. The summed E-state index contributed by atoms with van der Waals surface area (Å²) >= 11 is 0. The zero-order valence-electron chi connectivity index (χ0n) is 9.18. The van der Waals surface area contributed by atoms with E-state index in [-0.39, 0.29) is 5.91 Å². The lowest BCUT2D eigenvalue weighted by Gasteiger charge is -2.15. The molecule has 0 rings (SSSR count). The molecule has 2 N–H and O–H groups in total. The Morgan fingerprint density at radius 1 is 1.31 bits per heavy atom. The minimum atomic E-state index is 0.102. The Labute approximate surface area is 81.3 Å². The summed E-state index contributed by atoms with van der Waals surface area (Å²) in [6, 6.07) is 0. The fraction of sp³-hybridized carbons (Fsp3) is 0.900. The number of carbonyl (C=O) groups is 1. The maximum absolute atomic E-state index is 10.8. The van der Waals surface area contributed by atoms with Crippen molar-refractivity contribution in [1.29, 1.82) is 0 Å². The number of hydrogen-bond acceptors (Lipinski definition) is 2. The highest BCUT2D eigenvalue weighted by Gasteiger charge is 2.05. The van der Waals surface area contributed by atoms with Crippen molar-refractivity contribution in [2.24, 2.45) is 11.8 Å². The smallest absolute Gasteiger partial charge is 0.221 e. The van der Waals surface area contributed by atoms with E-state index in [1.807, 2.05) is 0 Å². The second-order valence-electron chi connectivity index (χ2n) is 3.85. The molecule has 1 amide bonds. The van der Waals surface area contributed by atoms with Crippen LogP contribution in [0.5, 0.6) is 0 Å².